The summed E-state index contributed by atoms with van der Waals surface area (Å²) in [6, 6.07) is 1.45. The van der Waals surface area contributed by atoms with Crippen LogP contribution in [-0.4, -0.2) is 32.8 Å². The monoisotopic (exact) mass is 313 g/mol. The number of sulfonamides is 1. The van der Waals surface area contributed by atoms with Crippen molar-refractivity contribution in [3.05, 3.63) is 18.0 Å². The Labute approximate surface area is 116 Å². The highest BCUT2D eigenvalue weighted by molar-refractivity contribution is 7.89. The molecule has 0 aromatic carbocycles. The second-order valence-electron chi connectivity index (χ2n) is 4.25. The van der Waals surface area contributed by atoms with Crippen LogP contribution in [0.2, 0.25) is 0 Å². The third-order valence-electron chi connectivity index (χ3n) is 2.67. The zero-order valence-electron chi connectivity index (χ0n) is 11.3. The minimum absolute atomic E-state index is 0.0215. The van der Waals surface area contributed by atoms with Crippen molar-refractivity contribution >= 4 is 10.0 Å². The average Bonchev–Trinajstić information content (AvgIpc) is 2.71. The predicted octanol–water partition coefficient (Wildman–Crippen LogP) is 1.46. The molecule has 0 bridgehead atoms. The largest absolute Gasteiger partial charge is 0.390 e. The van der Waals surface area contributed by atoms with E-state index >= 15 is 0 Å². The number of nitrogens with one attached hydrogen (secondary N) is 2. The Kier molecular flexibility index (Phi) is 5.60. The third kappa shape index (κ3) is 4.80. The summed E-state index contributed by atoms with van der Waals surface area (Å²) < 4.78 is 63.5. The molecule has 1 aromatic rings. The summed E-state index contributed by atoms with van der Waals surface area (Å²) in [5, 5.41) is 2.90. The van der Waals surface area contributed by atoms with Gasteiger partial charge in [-0.2, -0.15) is 13.2 Å². The molecule has 0 aliphatic heterocycles. The van der Waals surface area contributed by atoms with Crippen LogP contribution in [-0.2, 0) is 23.1 Å². The van der Waals surface area contributed by atoms with Gasteiger partial charge in [0.05, 0.1) is 11.3 Å². The Hall–Kier alpha value is -1.06. The van der Waals surface area contributed by atoms with Gasteiger partial charge in [-0.1, -0.05) is 0 Å². The molecule has 1 aromatic heterocycles. The Balaban J connectivity index is 2.82. The molecule has 2 N–H and O–H groups in total. The summed E-state index contributed by atoms with van der Waals surface area (Å²) in [5.41, 5.74) is 0.756. The van der Waals surface area contributed by atoms with Gasteiger partial charge in [0, 0.05) is 31.5 Å². The number of rotatable bonds is 7. The number of nitrogens with zero attached hydrogens (tertiary/aromatic N) is 1. The van der Waals surface area contributed by atoms with E-state index < -0.39 is 29.2 Å². The Morgan fingerprint density at radius 2 is 2.00 bits per heavy atom. The first kappa shape index (κ1) is 17.0. The van der Waals surface area contributed by atoms with Crippen LogP contribution in [0, 0.1) is 0 Å². The van der Waals surface area contributed by atoms with Crippen molar-refractivity contribution in [2.24, 2.45) is 0 Å². The van der Waals surface area contributed by atoms with Crippen LogP contribution in [0.3, 0.4) is 0 Å². The Morgan fingerprint density at radius 1 is 1.35 bits per heavy atom. The van der Waals surface area contributed by atoms with Crippen LogP contribution in [0.1, 0.15) is 19.0 Å². The van der Waals surface area contributed by atoms with Gasteiger partial charge in [0.2, 0.25) is 10.0 Å². The molecule has 0 amide bonds. The van der Waals surface area contributed by atoms with Crippen molar-refractivity contribution in [2.45, 2.75) is 37.5 Å². The maximum Gasteiger partial charge on any atom is 0.390 e. The molecule has 0 unspecified atom stereocenters. The molecule has 0 aliphatic carbocycles. The molecule has 1 heterocycles. The molecule has 1 rings (SSSR count). The summed E-state index contributed by atoms with van der Waals surface area (Å²) in [7, 11) is -2.19. The van der Waals surface area contributed by atoms with E-state index in [4.69, 9.17) is 0 Å². The number of hydrogen-bond donors (Lipinski definition) is 2. The van der Waals surface area contributed by atoms with Gasteiger partial charge in [0.25, 0.3) is 0 Å². The molecular weight excluding hydrogens is 295 g/mol. The summed E-state index contributed by atoms with van der Waals surface area (Å²) in [4.78, 5) is -0.0215. The van der Waals surface area contributed by atoms with Crippen LogP contribution in [0.4, 0.5) is 13.2 Å². The van der Waals surface area contributed by atoms with E-state index in [1.807, 2.05) is 11.6 Å². The SMILES string of the molecule is CCn1cc(S(=O)(=O)NCCC(F)(F)F)cc1CNC. The number of hydrogen-bond acceptors (Lipinski definition) is 3. The minimum atomic E-state index is -4.38. The molecular formula is C11H18F3N3O2S. The second kappa shape index (κ2) is 6.59. The lowest BCUT2D eigenvalue weighted by molar-refractivity contribution is -0.132. The van der Waals surface area contributed by atoms with Crippen molar-refractivity contribution in [1.29, 1.82) is 0 Å². The van der Waals surface area contributed by atoms with Crippen molar-refractivity contribution in [3.8, 4) is 0 Å². The van der Waals surface area contributed by atoms with Crippen LogP contribution < -0.4 is 10.0 Å². The Morgan fingerprint density at radius 3 is 2.50 bits per heavy atom. The Bertz CT molecular complexity index is 538. The van der Waals surface area contributed by atoms with E-state index in [0.717, 1.165) is 5.69 Å². The van der Waals surface area contributed by atoms with E-state index in [-0.39, 0.29) is 4.90 Å². The molecule has 0 radical (unpaired) electrons. The van der Waals surface area contributed by atoms with E-state index in [1.54, 1.807) is 11.6 Å². The van der Waals surface area contributed by atoms with E-state index in [1.165, 1.54) is 12.3 Å². The van der Waals surface area contributed by atoms with Gasteiger partial charge >= 0.3 is 6.18 Å². The topological polar surface area (TPSA) is 63.1 Å². The first-order valence-corrected chi connectivity index (χ1v) is 7.58. The summed E-state index contributed by atoms with van der Waals surface area (Å²) >= 11 is 0. The van der Waals surface area contributed by atoms with Gasteiger partial charge in [-0.05, 0) is 20.0 Å². The van der Waals surface area contributed by atoms with Gasteiger partial charge in [-0.25, -0.2) is 13.1 Å². The maximum atomic E-state index is 12.0. The molecule has 0 atom stereocenters. The fraction of sp³-hybridized carbons (Fsp3) is 0.636. The van der Waals surface area contributed by atoms with Crippen LogP contribution >= 0.6 is 0 Å². The van der Waals surface area contributed by atoms with E-state index in [2.05, 4.69) is 5.32 Å². The summed E-state index contributed by atoms with van der Waals surface area (Å²) in [6.07, 6.45) is -4.15. The standard InChI is InChI=1S/C11H18F3N3O2S/c1-3-17-8-10(6-9(17)7-15-2)20(18,19)16-5-4-11(12,13)14/h6,8,15-16H,3-5,7H2,1-2H3. The fourth-order valence-corrected chi connectivity index (χ4v) is 2.80. The fourth-order valence-electron chi connectivity index (χ4n) is 1.71. The first-order chi connectivity index (χ1) is 9.19. The quantitative estimate of drug-likeness (QED) is 0.801. The van der Waals surface area contributed by atoms with Crippen molar-refractivity contribution < 1.29 is 21.6 Å². The normalized spacial score (nSPS) is 12.8. The van der Waals surface area contributed by atoms with Gasteiger partial charge in [-0.15, -0.1) is 0 Å². The lowest BCUT2D eigenvalue weighted by Crippen LogP contribution is -2.27. The zero-order valence-corrected chi connectivity index (χ0v) is 12.1. The number of alkyl halides is 3. The molecule has 20 heavy (non-hydrogen) atoms. The number of halogens is 3. The van der Waals surface area contributed by atoms with Gasteiger partial charge in [0.1, 0.15) is 0 Å². The van der Waals surface area contributed by atoms with Crippen LogP contribution in [0.15, 0.2) is 17.2 Å². The van der Waals surface area contributed by atoms with Crippen molar-refractivity contribution in [2.75, 3.05) is 13.6 Å². The molecule has 5 nitrogen and oxygen atoms in total. The highest BCUT2D eigenvalue weighted by Crippen LogP contribution is 2.19. The van der Waals surface area contributed by atoms with Crippen LogP contribution in [0.25, 0.3) is 0 Å². The van der Waals surface area contributed by atoms with Crippen molar-refractivity contribution in [1.82, 2.24) is 14.6 Å². The zero-order chi connectivity index (χ0) is 15.4. The third-order valence-corrected chi connectivity index (χ3v) is 4.10. The summed E-state index contributed by atoms with van der Waals surface area (Å²) in [6.45, 7) is 2.25. The smallest absolute Gasteiger partial charge is 0.349 e. The lowest BCUT2D eigenvalue weighted by Gasteiger charge is -2.07. The van der Waals surface area contributed by atoms with E-state index in [0.29, 0.717) is 13.1 Å². The average molecular weight is 313 g/mol. The second-order valence-corrected chi connectivity index (χ2v) is 6.01. The molecule has 0 spiro atoms. The molecule has 116 valence electrons. The number of aryl methyl sites for hydroxylation is 1. The molecule has 0 saturated carbocycles. The predicted molar refractivity (Wildman–Crippen MR) is 68.7 cm³/mol. The van der Waals surface area contributed by atoms with Gasteiger partial charge in [-0.3, -0.25) is 0 Å². The molecule has 0 saturated heterocycles. The minimum Gasteiger partial charge on any atom is -0.349 e. The lowest BCUT2D eigenvalue weighted by atomic mass is 10.4. The molecule has 0 aliphatic rings. The highest BCUT2D eigenvalue weighted by atomic mass is 32.2. The molecule has 9 heteroatoms. The number of aromatic nitrogens is 1. The van der Waals surface area contributed by atoms with Gasteiger partial charge < -0.3 is 9.88 Å². The first-order valence-electron chi connectivity index (χ1n) is 6.09. The maximum absolute atomic E-state index is 12.0. The van der Waals surface area contributed by atoms with Crippen LogP contribution in [0.5, 0.6) is 0 Å². The highest BCUT2D eigenvalue weighted by Gasteiger charge is 2.28. The van der Waals surface area contributed by atoms with Crippen molar-refractivity contribution in [3.63, 3.8) is 0 Å². The van der Waals surface area contributed by atoms with Gasteiger partial charge in [0.15, 0.2) is 0 Å². The molecule has 0 fully saturated rings. The van der Waals surface area contributed by atoms with E-state index in [9.17, 15) is 21.6 Å². The summed E-state index contributed by atoms with van der Waals surface area (Å²) in [5.74, 6) is 0.